The summed E-state index contributed by atoms with van der Waals surface area (Å²) in [7, 11) is 0. The fraction of sp³-hybridized carbons (Fsp3) is 0.200. The van der Waals surface area contributed by atoms with Crippen LogP contribution in [0.15, 0.2) is 47.0 Å². The van der Waals surface area contributed by atoms with E-state index in [9.17, 15) is 0 Å². The van der Waals surface area contributed by atoms with Crippen LogP contribution in [-0.4, -0.2) is 4.98 Å². The molecule has 0 unspecified atom stereocenters. The quantitative estimate of drug-likeness (QED) is 0.734. The Balaban J connectivity index is 1.68. The van der Waals surface area contributed by atoms with Crippen molar-refractivity contribution < 1.29 is 4.42 Å². The maximum absolute atomic E-state index is 5.52. The standard InChI is InChI=1S/C15H16N2O/c1-11-5-6-14(18-11)10-16-9-13-4-2-3-12-7-8-17-15(12)13/h2-8,16-17H,9-10H2,1H3. The van der Waals surface area contributed by atoms with Crippen molar-refractivity contribution in [2.24, 2.45) is 0 Å². The van der Waals surface area contributed by atoms with Crippen LogP contribution < -0.4 is 5.32 Å². The lowest BCUT2D eigenvalue weighted by Gasteiger charge is -2.04. The van der Waals surface area contributed by atoms with E-state index in [0.717, 1.165) is 24.6 Å². The zero-order chi connectivity index (χ0) is 12.4. The SMILES string of the molecule is Cc1ccc(CNCc2cccc3cc[nH]c23)o1. The Bertz CT molecular complexity index is 651. The van der Waals surface area contributed by atoms with Crippen LogP contribution in [0.5, 0.6) is 0 Å². The van der Waals surface area contributed by atoms with E-state index in [0.29, 0.717) is 0 Å². The minimum absolute atomic E-state index is 0.755. The van der Waals surface area contributed by atoms with Crippen LogP contribution in [0.4, 0.5) is 0 Å². The normalized spacial score (nSPS) is 11.2. The molecular weight excluding hydrogens is 224 g/mol. The van der Waals surface area contributed by atoms with Crippen molar-refractivity contribution in [1.29, 1.82) is 0 Å². The molecule has 92 valence electrons. The molecule has 0 aliphatic heterocycles. The summed E-state index contributed by atoms with van der Waals surface area (Å²) in [6.45, 7) is 3.55. The number of aromatic nitrogens is 1. The maximum Gasteiger partial charge on any atom is 0.117 e. The number of hydrogen-bond donors (Lipinski definition) is 2. The summed E-state index contributed by atoms with van der Waals surface area (Å²) in [5.74, 6) is 1.93. The minimum atomic E-state index is 0.755. The summed E-state index contributed by atoms with van der Waals surface area (Å²) in [6.07, 6.45) is 1.98. The van der Waals surface area contributed by atoms with Crippen LogP contribution in [-0.2, 0) is 13.1 Å². The van der Waals surface area contributed by atoms with Gasteiger partial charge in [0.2, 0.25) is 0 Å². The van der Waals surface area contributed by atoms with Crippen molar-refractivity contribution in [1.82, 2.24) is 10.3 Å². The molecule has 0 spiro atoms. The van der Waals surface area contributed by atoms with Gasteiger partial charge in [0.1, 0.15) is 11.5 Å². The average Bonchev–Trinajstić information content (AvgIpc) is 2.98. The molecule has 2 heterocycles. The molecule has 2 aromatic heterocycles. The van der Waals surface area contributed by atoms with Gasteiger partial charge in [0.05, 0.1) is 6.54 Å². The number of benzene rings is 1. The van der Waals surface area contributed by atoms with Crippen LogP contribution in [0.2, 0.25) is 0 Å². The van der Waals surface area contributed by atoms with Gasteiger partial charge in [0, 0.05) is 18.3 Å². The molecule has 0 fully saturated rings. The van der Waals surface area contributed by atoms with Crippen LogP contribution >= 0.6 is 0 Å². The number of H-pyrrole nitrogens is 1. The predicted octanol–water partition coefficient (Wildman–Crippen LogP) is 3.36. The molecule has 0 saturated carbocycles. The monoisotopic (exact) mass is 240 g/mol. The van der Waals surface area contributed by atoms with Gasteiger partial charge in [-0.05, 0) is 36.1 Å². The Hall–Kier alpha value is -2.00. The molecule has 0 aliphatic carbocycles. The lowest BCUT2D eigenvalue weighted by atomic mass is 10.1. The van der Waals surface area contributed by atoms with E-state index in [-0.39, 0.29) is 0 Å². The van der Waals surface area contributed by atoms with E-state index in [1.165, 1.54) is 16.5 Å². The molecule has 2 N–H and O–H groups in total. The number of furan rings is 1. The van der Waals surface area contributed by atoms with Crippen LogP contribution in [0.3, 0.4) is 0 Å². The van der Waals surface area contributed by atoms with Gasteiger partial charge in [0.15, 0.2) is 0 Å². The van der Waals surface area contributed by atoms with E-state index in [4.69, 9.17) is 4.42 Å². The van der Waals surface area contributed by atoms with Crippen molar-refractivity contribution >= 4 is 10.9 Å². The second-order valence-corrected chi connectivity index (χ2v) is 4.47. The first-order chi connectivity index (χ1) is 8.83. The third-order valence-electron chi connectivity index (χ3n) is 3.08. The van der Waals surface area contributed by atoms with Gasteiger partial charge >= 0.3 is 0 Å². The lowest BCUT2D eigenvalue weighted by molar-refractivity contribution is 0.462. The fourth-order valence-corrected chi connectivity index (χ4v) is 2.20. The van der Waals surface area contributed by atoms with Gasteiger partial charge < -0.3 is 14.7 Å². The molecule has 0 aliphatic rings. The van der Waals surface area contributed by atoms with E-state index in [1.54, 1.807) is 0 Å². The molecule has 0 amide bonds. The van der Waals surface area contributed by atoms with E-state index in [1.807, 2.05) is 25.3 Å². The molecule has 3 aromatic rings. The smallest absolute Gasteiger partial charge is 0.117 e. The van der Waals surface area contributed by atoms with Crippen LogP contribution in [0.1, 0.15) is 17.1 Å². The molecular formula is C15H16N2O. The average molecular weight is 240 g/mol. The minimum Gasteiger partial charge on any atom is -0.465 e. The Kier molecular flexibility index (Phi) is 2.90. The Morgan fingerprint density at radius 1 is 1.11 bits per heavy atom. The maximum atomic E-state index is 5.52. The molecule has 18 heavy (non-hydrogen) atoms. The third kappa shape index (κ3) is 2.17. The molecule has 0 saturated heterocycles. The summed E-state index contributed by atoms with van der Waals surface area (Å²) in [6, 6.07) is 12.4. The molecule has 0 radical (unpaired) electrons. The van der Waals surface area contributed by atoms with Crippen molar-refractivity contribution in [3.05, 3.63) is 59.7 Å². The van der Waals surface area contributed by atoms with E-state index >= 15 is 0 Å². The number of para-hydroxylation sites is 1. The third-order valence-corrected chi connectivity index (χ3v) is 3.08. The predicted molar refractivity (Wildman–Crippen MR) is 72.3 cm³/mol. The van der Waals surface area contributed by atoms with Crippen LogP contribution in [0.25, 0.3) is 10.9 Å². The Morgan fingerprint density at radius 3 is 2.89 bits per heavy atom. The Labute approximate surface area is 106 Å². The summed E-state index contributed by atoms with van der Waals surface area (Å²) < 4.78 is 5.52. The number of aromatic amines is 1. The Morgan fingerprint density at radius 2 is 2.06 bits per heavy atom. The zero-order valence-electron chi connectivity index (χ0n) is 10.4. The van der Waals surface area contributed by atoms with Gasteiger partial charge in [-0.2, -0.15) is 0 Å². The summed E-state index contributed by atoms with van der Waals surface area (Å²) in [5.41, 5.74) is 2.49. The number of aryl methyl sites for hydroxylation is 1. The van der Waals surface area contributed by atoms with Crippen molar-refractivity contribution in [2.75, 3.05) is 0 Å². The summed E-state index contributed by atoms with van der Waals surface area (Å²) >= 11 is 0. The molecule has 3 heteroatoms. The van der Waals surface area contributed by atoms with Gasteiger partial charge in [0.25, 0.3) is 0 Å². The second-order valence-electron chi connectivity index (χ2n) is 4.47. The first-order valence-electron chi connectivity index (χ1n) is 6.14. The van der Waals surface area contributed by atoms with E-state index in [2.05, 4.69) is 34.6 Å². The highest BCUT2D eigenvalue weighted by atomic mass is 16.3. The highest BCUT2D eigenvalue weighted by molar-refractivity contribution is 5.82. The lowest BCUT2D eigenvalue weighted by Crippen LogP contribution is -2.12. The largest absolute Gasteiger partial charge is 0.465 e. The molecule has 1 aromatic carbocycles. The van der Waals surface area contributed by atoms with Crippen molar-refractivity contribution in [2.45, 2.75) is 20.0 Å². The summed E-state index contributed by atoms with van der Waals surface area (Å²) in [4.78, 5) is 3.28. The van der Waals surface area contributed by atoms with Crippen molar-refractivity contribution in [3.63, 3.8) is 0 Å². The van der Waals surface area contributed by atoms with E-state index < -0.39 is 0 Å². The number of rotatable bonds is 4. The van der Waals surface area contributed by atoms with Crippen molar-refractivity contribution in [3.8, 4) is 0 Å². The van der Waals surface area contributed by atoms with Gasteiger partial charge in [-0.15, -0.1) is 0 Å². The summed E-state index contributed by atoms with van der Waals surface area (Å²) in [5, 5.41) is 4.65. The van der Waals surface area contributed by atoms with Gasteiger partial charge in [-0.25, -0.2) is 0 Å². The number of fused-ring (bicyclic) bond motifs is 1. The molecule has 3 nitrogen and oxygen atoms in total. The molecule has 0 atom stereocenters. The zero-order valence-corrected chi connectivity index (χ0v) is 10.4. The number of hydrogen-bond acceptors (Lipinski definition) is 2. The topological polar surface area (TPSA) is 41.0 Å². The highest BCUT2D eigenvalue weighted by Gasteiger charge is 2.02. The highest BCUT2D eigenvalue weighted by Crippen LogP contribution is 2.16. The molecule has 3 rings (SSSR count). The fourth-order valence-electron chi connectivity index (χ4n) is 2.20. The first-order valence-corrected chi connectivity index (χ1v) is 6.14. The van der Waals surface area contributed by atoms with Gasteiger partial charge in [-0.1, -0.05) is 18.2 Å². The molecule has 0 bridgehead atoms. The number of nitrogens with one attached hydrogen (secondary N) is 2. The second kappa shape index (κ2) is 4.70. The first kappa shape index (κ1) is 11.1. The van der Waals surface area contributed by atoms with Crippen LogP contribution in [0, 0.1) is 6.92 Å². The van der Waals surface area contributed by atoms with Gasteiger partial charge in [-0.3, -0.25) is 0 Å².